The minimum Gasteiger partial charge on any atom is -0.300 e. The zero-order valence-electron chi connectivity index (χ0n) is 18.3. The molecule has 0 aromatic rings. The summed E-state index contributed by atoms with van der Waals surface area (Å²) < 4.78 is 0. The van der Waals surface area contributed by atoms with Crippen molar-refractivity contribution in [1.29, 1.82) is 0 Å². The number of hydrogen-bond acceptors (Lipinski definition) is 3. The maximum atomic E-state index is 2.90. The Balaban J connectivity index is 1.21. The minimum absolute atomic E-state index is 0.354. The van der Waals surface area contributed by atoms with E-state index in [4.69, 9.17) is 0 Å². The molecule has 4 fully saturated rings. The number of fused-ring (bicyclic) bond motifs is 1. The van der Waals surface area contributed by atoms with Crippen LogP contribution in [0.3, 0.4) is 0 Å². The van der Waals surface area contributed by atoms with Crippen molar-refractivity contribution in [3.05, 3.63) is 0 Å². The molecule has 3 saturated heterocycles. The molecule has 3 heterocycles. The lowest BCUT2D eigenvalue weighted by atomic mass is 9.79. The molecule has 26 heavy (non-hydrogen) atoms. The second kappa shape index (κ2) is 6.74. The summed E-state index contributed by atoms with van der Waals surface area (Å²) in [5.41, 5.74) is 0.872. The van der Waals surface area contributed by atoms with Crippen molar-refractivity contribution < 1.29 is 0 Å². The van der Waals surface area contributed by atoms with Gasteiger partial charge in [-0.15, -0.1) is 0 Å². The van der Waals surface area contributed by atoms with Crippen LogP contribution in [0.2, 0.25) is 0 Å². The van der Waals surface area contributed by atoms with Gasteiger partial charge in [0.2, 0.25) is 0 Å². The molecule has 0 aromatic carbocycles. The van der Waals surface area contributed by atoms with Gasteiger partial charge in [0.1, 0.15) is 0 Å². The number of nitrogens with zero attached hydrogens (tertiary/aromatic N) is 3. The molecule has 0 amide bonds. The molecule has 2 unspecified atom stereocenters. The van der Waals surface area contributed by atoms with E-state index in [-0.39, 0.29) is 0 Å². The van der Waals surface area contributed by atoms with Crippen molar-refractivity contribution in [3.8, 4) is 0 Å². The Morgan fingerprint density at radius 1 is 0.654 bits per heavy atom. The van der Waals surface area contributed by atoms with E-state index in [2.05, 4.69) is 56.2 Å². The van der Waals surface area contributed by atoms with Gasteiger partial charge in [-0.2, -0.15) is 0 Å². The van der Waals surface area contributed by atoms with Crippen LogP contribution in [0.15, 0.2) is 0 Å². The molecule has 3 heteroatoms. The van der Waals surface area contributed by atoms with E-state index in [1.165, 1.54) is 65.0 Å². The average molecular weight is 362 g/mol. The molecule has 0 spiro atoms. The molecule has 1 saturated carbocycles. The quantitative estimate of drug-likeness (QED) is 0.738. The van der Waals surface area contributed by atoms with Gasteiger partial charge in [0.05, 0.1) is 0 Å². The van der Waals surface area contributed by atoms with Crippen molar-refractivity contribution in [2.45, 2.75) is 84.8 Å². The van der Waals surface area contributed by atoms with Crippen molar-refractivity contribution in [2.24, 2.45) is 23.2 Å². The zero-order chi connectivity index (χ0) is 18.7. The Kier molecular flexibility index (Phi) is 4.98. The summed E-state index contributed by atoms with van der Waals surface area (Å²) in [6, 6.07) is 1.71. The summed E-state index contributed by atoms with van der Waals surface area (Å²) in [5.74, 6) is 2.97. The molecule has 4 rings (SSSR count). The maximum absolute atomic E-state index is 2.90. The van der Waals surface area contributed by atoms with E-state index in [0.29, 0.717) is 11.0 Å². The van der Waals surface area contributed by atoms with E-state index < -0.39 is 0 Å². The molecule has 150 valence electrons. The standard InChI is InChI=1S/C23H43N3/c1-22(2,3)19-11-17-13-25(14-18(17)12-19)20-7-9-24(10-8-20)21-15-26(16-21)23(4,5)6/h17-21H,7-16H2,1-6H3. The lowest BCUT2D eigenvalue weighted by Crippen LogP contribution is -2.65. The molecule has 2 atom stereocenters. The summed E-state index contributed by atoms with van der Waals surface area (Å²) in [6.07, 6.45) is 5.81. The average Bonchev–Trinajstić information content (AvgIpc) is 3.02. The van der Waals surface area contributed by atoms with Crippen molar-refractivity contribution in [2.75, 3.05) is 39.3 Å². The normalized spacial score (nSPS) is 36.5. The highest BCUT2D eigenvalue weighted by Crippen LogP contribution is 2.49. The molecule has 0 aromatic heterocycles. The third-order valence-corrected chi connectivity index (χ3v) is 8.35. The molecule has 0 N–H and O–H groups in total. The molecular formula is C23H43N3. The smallest absolute Gasteiger partial charge is 0.0350 e. The molecule has 3 aliphatic heterocycles. The fourth-order valence-electron chi connectivity index (χ4n) is 6.19. The lowest BCUT2D eigenvalue weighted by Gasteiger charge is -2.53. The van der Waals surface area contributed by atoms with Gasteiger partial charge in [0.15, 0.2) is 0 Å². The SMILES string of the molecule is CC(C)(C)C1CC2CN(C3CCN(C4CN(C(C)(C)C)C4)CC3)CC2C1. The van der Waals surface area contributed by atoms with Gasteiger partial charge in [0, 0.05) is 56.9 Å². The monoisotopic (exact) mass is 361 g/mol. The van der Waals surface area contributed by atoms with Crippen LogP contribution in [0.25, 0.3) is 0 Å². The van der Waals surface area contributed by atoms with Gasteiger partial charge >= 0.3 is 0 Å². The van der Waals surface area contributed by atoms with Crippen molar-refractivity contribution in [1.82, 2.24) is 14.7 Å². The fraction of sp³-hybridized carbons (Fsp3) is 1.00. The Morgan fingerprint density at radius 3 is 1.65 bits per heavy atom. The van der Waals surface area contributed by atoms with Gasteiger partial charge in [-0.05, 0) is 69.6 Å². The molecule has 4 aliphatic rings. The molecule has 1 aliphatic carbocycles. The highest BCUT2D eigenvalue weighted by atomic mass is 15.3. The number of hydrogen-bond donors (Lipinski definition) is 0. The van der Waals surface area contributed by atoms with Crippen LogP contribution >= 0.6 is 0 Å². The maximum Gasteiger partial charge on any atom is 0.0350 e. The van der Waals surface area contributed by atoms with Gasteiger partial charge in [-0.25, -0.2) is 0 Å². The van der Waals surface area contributed by atoms with Crippen LogP contribution in [0.5, 0.6) is 0 Å². The fourth-order valence-corrected chi connectivity index (χ4v) is 6.19. The highest BCUT2D eigenvalue weighted by Gasteiger charge is 2.46. The van der Waals surface area contributed by atoms with Crippen LogP contribution in [0, 0.1) is 23.2 Å². The predicted molar refractivity (Wildman–Crippen MR) is 110 cm³/mol. The van der Waals surface area contributed by atoms with E-state index in [1.807, 2.05) is 0 Å². The molecule has 3 nitrogen and oxygen atoms in total. The Morgan fingerprint density at radius 2 is 1.19 bits per heavy atom. The third-order valence-electron chi connectivity index (χ3n) is 8.35. The Hall–Kier alpha value is -0.120. The van der Waals surface area contributed by atoms with Crippen LogP contribution in [0.4, 0.5) is 0 Å². The first-order valence-electron chi connectivity index (χ1n) is 11.3. The Bertz CT molecular complexity index is 475. The van der Waals surface area contributed by atoms with Crippen LogP contribution in [0.1, 0.15) is 67.2 Å². The number of piperidine rings is 1. The van der Waals surface area contributed by atoms with E-state index in [1.54, 1.807) is 0 Å². The second-order valence-corrected chi connectivity index (χ2v) is 12.0. The van der Waals surface area contributed by atoms with Gasteiger partial charge < -0.3 is 0 Å². The predicted octanol–water partition coefficient (Wildman–Crippen LogP) is 3.94. The Labute approximate surface area is 162 Å². The summed E-state index contributed by atoms with van der Waals surface area (Å²) in [6.45, 7) is 22.5. The second-order valence-electron chi connectivity index (χ2n) is 12.0. The third kappa shape index (κ3) is 3.73. The minimum atomic E-state index is 0.354. The van der Waals surface area contributed by atoms with E-state index >= 15 is 0 Å². The topological polar surface area (TPSA) is 9.72 Å². The molecule has 0 radical (unpaired) electrons. The summed E-state index contributed by atoms with van der Waals surface area (Å²) in [7, 11) is 0. The van der Waals surface area contributed by atoms with Crippen molar-refractivity contribution in [3.63, 3.8) is 0 Å². The largest absolute Gasteiger partial charge is 0.300 e. The summed E-state index contributed by atoms with van der Waals surface area (Å²) in [4.78, 5) is 8.33. The van der Waals surface area contributed by atoms with Gasteiger partial charge in [0.25, 0.3) is 0 Å². The first-order chi connectivity index (χ1) is 12.1. The van der Waals surface area contributed by atoms with Gasteiger partial charge in [-0.3, -0.25) is 14.7 Å². The van der Waals surface area contributed by atoms with E-state index in [9.17, 15) is 0 Å². The summed E-state index contributed by atoms with van der Waals surface area (Å²) in [5, 5.41) is 0. The molecule has 0 bridgehead atoms. The van der Waals surface area contributed by atoms with E-state index in [0.717, 1.165) is 29.8 Å². The summed E-state index contributed by atoms with van der Waals surface area (Å²) >= 11 is 0. The van der Waals surface area contributed by atoms with Crippen LogP contribution in [-0.4, -0.2) is 71.6 Å². The van der Waals surface area contributed by atoms with Crippen LogP contribution in [-0.2, 0) is 0 Å². The number of likely N-dealkylation sites (tertiary alicyclic amines) is 3. The van der Waals surface area contributed by atoms with Crippen molar-refractivity contribution >= 4 is 0 Å². The highest BCUT2D eigenvalue weighted by molar-refractivity contribution is 4.99. The lowest BCUT2D eigenvalue weighted by molar-refractivity contribution is -0.0363. The first-order valence-corrected chi connectivity index (χ1v) is 11.3. The number of rotatable bonds is 2. The first kappa shape index (κ1) is 19.2. The van der Waals surface area contributed by atoms with Crippen LogP contribution < -0.4 is 0 Å². The molecular weight excluding hydrogens is 318 g/mol. The zero-order valence-corrected chi connectivity index (χ0v) is 18.3. The van der Waals surface area contributed by atoms with Gasteiger partial charge in [-0.1, -0.05) is 20.8 Å².